The Morgan fingerprint density at radius 3 is 2.41 bits per heavy atom. The number of benzene rings is 1. The first kappa shape index (κ1) is 20.9. The normalized spacial score (nSPS) is 14.7. The first-order valence-corrected chi connectivity index (χ1v) is 9.83. The van der Waals surface area contributed by atoms with Crippen LogP contribution in [0.4, 0.5) is 33.5 Å². The van der Waals surface area contributed by atoms with Gasteiger partial charge in [0.25, 0.3) is 0 Å². The van der Waals surface area contributed by atoms with Gasteiger partial charge in [0.05, 0.1) is 10.6 Å². The Balaban J connectivity index is 2.18. The van der Waals surface area contributed by atoms with Crippen molar-refractivity contribution >= 4 is 27.4 Å². The molecule has 13 heteroatoms. The lowest BCUT2D eigenvalue weighted by molar-refractivity contribution is -0.265. The second-order valence-corrected chi connectivity index (χ2v) is 8.51. The minimum absolute atomic E-state index is 0.0455. The number of allylic oxidation sites excluding steroid dienone is 1. The summed E-state index contributed by atoms with van der Waals surface area (Å²) in [6, 6.07) is 4.07. The van der Waals surface area contributed by atoms with E-state index in [0.29, 0.717) is 6.08 Å². The highest BCUT2D eigenvalue weighted by Gasteiger charge is 2.61. The van der Waals surface area contributed by atoms with Crippen LogP contribution in [0.1, 0.15) is 12.6 Å². The molecule has 29 heavy (non-hydrogen) atoms. The molecule has 0 unspecified atom stereocenters. The zero-order valence-electron chi connectivity index (χ0n) is 15.1. The van der Waals surface area contributed by atoms with Crippen LogP contribution in [0.25, 0.3) is 17.5 Å². The van der Waals surface area contributed by atoms with Crippen LogP contribution in [0, 0.1) is 0 Å². The lowest BCUT2D eigenvalue weighted by Crippen LogP contribution is -2.45. The summed E-state index contributed by atoms with van der Waals surface area (Å²) < 4.78 is 91.4. The number of nitrogens with zero attached hydrogens (tertiary/aromatic N) is 2. The topological polar surface area (TPSA) is 102 Å². The fraction of sp³-hybridized carbons (Fsp3) is 0.312. The monoisotopic (exact) mass is 437 g/mol. The number of hydrogen-bond acceptors (Lipinski definition) is 6. The molecule has 0 spiro atoms. The molecular formula is C16H16F5N5O2S. The molecule has 1 aromatic heterocycles. The highest BCUT2D eigenvalue weighted by molar-refractivity contribution is 7.91. The van der Waals surface area contributed by atoms with Crippen molar-refractivity contribution in [1.82, 2.24) is 15.0 Å². The highest BCUT2D eigenvalue weighted by atomic mass is 32.2. The van der Waals surface area contributed by atoms with Crippen LogP contribution in [-0.4, -0.2) is 35.8 Å². The maximum Gasteiger partial charge on any atom is 0.459 e. The summed E-state index contributed by atoms with van der Waals surface area (Å²) in [6.07, 6.45) is -5.24. The number of aromatic nitrogens is 2. The number of imidazole rings is 1. The Labute approximate surface area is 162 Å². The van der Waals surface area contributed by atoms with Gasteiger partial charge in [0.15, 0.2) is 15.7 Å². The number of alkyl halides is 5. The number of rotatable bonds is 4. The number of nitrogens with one attached hydrogen (secondary N) is 2. The summed E-state index contributed by atoms with van der Waals surface area (Å²) in [5.74, 6) is -5.23. The molecule has 0 radical (unpaired) electrons. The number of hydrazine groups is 1. The van der Waals surface area contributed by atoms with E-state index in [0.717, 1.165) is 0 Å². The Hall–Kier alpha value is -2.83. The number of anilines is 2. The number of nitrogens with two attached hydrogens (primary N) is 1. The average molecular weight is 437 g/mol. The molecular weight excluding hydrogens is 421 g/mol. The summed E-state index contributed by atoms with van der Waals surface area (Å²) in [5, 5.41) is 0. The van der Waals surface area contributed by atoms with Gasteiger partial charge in [-0.3, -0.25) is 10.9 Å². The minimum atomic E-state index is -5.80. The maximum absolute atomic E-state index is 13.6. The van der Waals surface area contributed by atoms with Crippen LogP contribution in [-0.2, 0) is 16.9 Å². The molecule has 1 aliphatic heterocycles. The number of fused-ring (bicyclic) bond motifs is 1. The van der Waals surface area contributed by atoms with Crippen molar-refractivity contribution in [3.63, 3.8) is 0 Å². The summed E-state index contributed by atoms with van der Waals surface area (Å²) >= 11 is 0. The van der Waals surface area contributed by atoms with Gasteiger partial charge >= 0.3 is 12.1 Å². The summed E-state index contributed by atoms with van der Waals surface area (Å²) in [7, 11) is -2.27. The van der Waals surface area contributed by atoms with Crippen molar-refractivity contribution in [2.75, 3.05) is 16.9 Å². The Morgan fingerprint density at radius 1 is 1.17 bits per heavy atom. The molecule has 0 aliphatic carbocycles. The number of sulfone groups is 1. The molecule has 7 nitrogen and oxygen atoms in total. The van der Waals surface area contributed by atoms with Crippen molar-refractivity contribution in [2.24, 2.45) is 7.05 Å². The summed E-state index contributed by atoms with van der Waals surface area (Å²) in [6.45, 7) is 1.44. The standard InChI is InChI=1S/C16H16F5N5O2S/c1-3-29(27,28)11-6-8(22)4-5-9(11)13-23-10-7-12(15(17,18)16(19,20)21)24-25-14(10)26(13)2/h4-7,24-25H,3,22H2,1-2H3. The van der Waals surface area contributed by atoms with E-state index in [4.69, 9.17) is 5.73 Å². The van der Waals surface area contributed by atoms with Gasteiger partial charge in [-0.05, 0) is 24.3 Å². The molecule has 2 heterocycles. The Morgan fingerprint density at radius 2 is 1.83 bits per heavy atom. The zero-order valence-corrected chi connectivity index (χ0v) is 15.9. The van der Waals surface area contributed by atoms with Crippen LogP contribution < -0.4 is 16.6 Å². The Kier molecular flexibility index (Phi) is 4.76. The second kappa shape index (κ2) is 6.61. The lowest BCUT2D eigenvalue weighted by atomic mass is 10.2. The first-order chi connectivity index (χ1) is 13.3. The molecule has 1 aliphatic rings. The largest absolute Gasteiger partial charge is 0.459 e. The highest BCUT2D eigenvalue weighted by Crippen LogP contribution is 2.42. The fourth-order valence-electron chi connectivity index (χ4n) is 2.77. The molecule has 0 amide bonds. The zero-order chi connectivity index (χ0) is 21.8. The van der Waals surface area contributed by atoms with Gasteiger partial charge in [-0.1, -0.05) is 6.92 Å². The number of halogens is 5. The smallest absolute Gasteiger partial charge is 0.399 e. The van der Waals surface area contributed by atoms with E-state index >= 15 is 0 Å². The molecule has 0 saturated carbocycles. The van der Waals surface area contributed by atoms with Gasteiger partial charge in [-0.2, -0.15) is 22.0 Å². The quantitative estimate of drug-likeness (QED) is 0.502. The van der Waals surface area contributed by atoms with Gasteiger partial charge < -0.3 is 10.3 Å². The van der Waals surface area contributed by atoms with Crippen LogP contribution in [0.5, 0.6) is 0 Å². The third-order valence-electron chi connectivity index (χ3n) is 4.37. The summed E-state index contributed by atoms with van der Waals surface area (Å²) in [4.78, 5) is 3.96. The van der Waals surface area contributed by atoms with Crippen LogP contribution in [0.15, 0.2) is 28.8 Å². The van der Waals surface area contributed by atoms with E-state index in [1.54, 1.807) is 0 Å². The molecule has 1 aromatic carbocycles. The van der Waals surface area contributed by atoms with Crippen LogP contribution >= 0.6 is 0 Å². The van der Waals surface area contributed by atoms with Gasteiger partial charge in [0, 0.05) is 18.3 Å². The van der Waals surface area contributed by atoms with Crippen LogP contribution in [0.3, 0.4) is 0 Å². The van der Waals surface area contributed by atoms with Crippen molar-refractivity contribution in [2.45, 2.75) is 23.9 Å². The lowest BCUT2D eigenvalue weighted by Gasteiger charge is -2.26. The van der Waals surface area contributed by atoms with Crippen molar-refractivity contribution in [3.05, 3.63) is 29.6 Å². The van der Waals surface area contributed by atoms with E-state index < -0.39 is 27.6 Å². The maximum atomic E-state index is 13.6. The van der Waals surface area contributed by atoms with Gasteiger partial charge in [-0.25, -0.2) is 13.4 Å². The molecule has 0 fully saturated rings. The Bertz CT molecular complexity index is 1110. The molecule has 0 atom stereocenters. The predicted molar refractivity (Wildman–Crippen MR) is 96.5 cm³/mol. The SMILES string of the molecule is CCS(=O)(=O)c1cc(N)ccc1-c1nc2c(n1C)NNC(C(F)(F)C(F)(F)F)=C2. The third kappa shape index (κ3) is 3.39. The molecule has 3 rings (SSSR count). The molecule has 158 valence electrons. The van der Waals surface area contributed by atoms with Crippen molar-refractivity contribution in [1.29, 1.82) is 0 Å². The summed E-state index contributed by atoms with van der Waals surface area (Å²) in [5.41, 5.74) is 8.46. The van der Waals surface area contributed by atoms with E-state index in [1.165, 1.54) is 36.7 Å². The van der Waals surface area contributed by atoms with E-state index in [-0.39, 0.29) is 39.2 Å². The molecule has 2 aromatic rings. The molecule has 0 bridgehead atoms. The third-order valence-corrected chi connectivity index (χ3v) is 6.14. The van der Waals surface area contributed by atoms with E-state index in [9.17, 15) is 30.4 Å². The second-order valence-electron chi connectivity index (χ2n) is 6.27. The fourth-order valence-corrected chi connectivity index (χ4v) is 3.89. The van der Waals surface area contributed by atoms with Crippen molar-refractivity contribution in [3.8, 4) is 11.4 Å². The number of nitrogen functional groups attached to an aromatic ring is 1. The number of hydrogen-bond donors (Lipinski definition) is 3. The first-order valence-electron chi connectivity index (χ1n) is 8.17. The molecule has 0 saturated heterocycles. The minimum Gasteiger partial charge on any atom is -0.399 e. The van der Waals surface area contributed by atoms with E-state index in [2.05, 4.69) is 10.4 Å². The van der Waals surface area contributed by atoms with Gasteiger partial charge in [0.1, 0.15) is 17.2 Å². The predicted octanol–water partition coefficient (Wildman–Crippen LogP) is 2.93. The average Bonchev–Trinajstić information content (AvgIpc) is 2.96. The van der Waals surface area contributed by atoms with Crippen molar-refractivity contribution < 1.29 is 30.4 Å². The van der Waals surface area contributed by atoms with Gasteiger partial charge in [-0.15, -0.1) is 0 Å². The van der Waals surface area contributed by atoms with Gasteiger partial charge in [0.2, 0.25) is 0 Å². The molecule has 4 N–H and O–H groups in total. The van der Waals surface area contributed by atoms with E-state index in [1.807, 2.05) is 5.43 Å². The van der Waals surface area contributed by atoms with Crippen LogP contribution in [0.2, 0.25) is 0 Å².